The molecule has 4 aromatic rings. The van der Waals surface area contributed by atoms with Crippen LogP contribution in [0.3, 0.4) is 0 Å². The summed E-state index contributed by atoms with van der Waals surface area (Å²) in [5.41, 5.74) is 2.35. The maximum absolute atomic E-state index is 11.5. The number of imidazole rings is 1. The fraction of sp³-hybridized carbons (Fsp3) is 0.0870. The summed E-state index contributed by atoms with van der Waals surface area (Å²) in [6.45, 7) is 0. The SMILES string of the molecule is O=S([O-])Cc1nccn1C(c1ccccc1)(c1ccccc1)c1ccccc1. The lowest BCUT2D eigenvalue weighted by molar-refractivity contribution is 0.492. The molecule has 1 heterocycles. The van der Waals surface area contributed by atoms with E-state index in [-0.39, 0.29) is 5.75 Å². The van der Waals surface area contributed by atoms with Crippen molar-refractivity contribution in [3.63, 3.8) is 0 Å². The van der Waals surface area contributed by atoms with Crippen LogP contribution in [0.25, 0.3) is 0 Å². The van der Waals surface area contributed by atoms with Gasteiger partial charge in [0.15, 0.2) is 0 Å². The zero-order chi connectivity index (χ0) is 19.4. The maximum atomic E-state index is 11.5. The van der Waals surface area contributed by atoms with Crippen molar-refractivity contribution in [2.24, 2.45) is 0 Å². The van der Waals surface area contributed by atoms with Gasteiger partial charge in [0.25, 0.3) is 0 Å². The van der Waals surface area contributed by atoms with Gasteiger partial charge in [-0.15, -0.1) is 0 Å². The summed E-state index contributed by atoms with van der Waals surface area (Å²) in [5, 5.41) is 0. The van der Waals surface area contributed by atoms with Crippen LogP contribution in [0.1, 0.15) is 22.5 Å². The minimum Gasteiger partial charge on any atom is -0.772 e. The van der Waals surface area contributed by atoms with Crippen LogP contribution in [0.5, 0.6) is 0 Å². The van der Waals surface area contributed by atoms with Gasteiger partial charge in [0, 0.05) is 12.4 Å². The van der Waals surface area contributed by atoms with E-state index in [1.807, 2.05) is 65.4 Å². The molecule has 1 unspecified atom stereocenters. The molecule has 1 aromatic heterocycles. The molecule has 1 atom stereocenters. The summed E-state index contributed by atoms with van der Waals surface area (Å²) >= 11 is -2.24. The molecule has 0 spiro atoms. The molecule has 0 saturated heterocycles. The van der Waals surface area contributed by atoms with Gasteiger partial charge in [0.05, 0.1) is 5.75 Å². The third-order valence-electron chi connectivity index (χ3n) is 4.90. The molecule has 0 aliphatic rings. The average molecular weight is 387 g/mol. The highest BCUT2D eigenvalue weighted by Gasteiger charge is 2.39. The first-order chi connectivity index (χ1) is 13.7. The molecule has 0 radical (unpaired) electrons. The van der Waals surface area contributed by atoms with Crippen molar-refractivity contribution in [1.29, 1.82) is 0 Å². The zero-order valence-electron chi connectivity index (χ0n) is 15.1. The summed E-state index contributed by atoms with van der Waals surface area (Å²) in [5.74, 6) is 0.339. The van der Waals surface area contributed by atoms with E-state index in [4.69, 9.17) is 0 Å². The van der Waals surface area contributed by atoms with Crippen LogP contribution in [0, 0.1) is 0 Å². The van der Waals surface area contributed by atoms with Crippen molar-refractivity contribution in [2.75, 3.05) is 0 Å². The van der Waals surface area contributed by atoms with Crippen molar-refractivity contribution in [1.82, 2.24) is 9.55 Å². The Kier molecular flexibility index (Phi) is 5.19. The van der Waals surface area contributed by atoms with Gasteiger partial charge in [-0.3, -0.25) is 4.21 Å². The number of rotatable bonds is 6. The van der Waals surface area contributed by atoms with E-state index in [1.165, 1.54) is 0 Å². The molecule has 4 nitrogen and oxygen atoms in total. The number of nitrogens with zero attached hydrogens (tertiary/aromatic N) is 2. The second-order valence-electron chi connectivity index (χ2n) is 6.47. The molecule has 0 bridgehead atoms. The van der Waals surface area contributed by atoms with Gasteiger partial charge in [0.1, 0.15) is 11.4 Å². The molecule has 140 valence electrons. The first-order valence-electron chi connectivity index (χ1n) is 8.98. The Hall–Kier alpha value is -3.02. The summed E-state index contributed by atoms with van der Waals surface area (Å²) in [4.78, 5) is 4.37. The van der Waals surface area contributed by atoms with Gasteiger partial charge >= 0.3 is 0 Å². The zero-order valence-corrected chi connectivity index (χ0v) is 16.0. The third kappa shape index (κ3) is 3.19. The summed E-state index contributed by atoms with van der Waals surface area (Å²) in [6, 6.07) is 30.3. The van der Waals surface area contributed by atoms with E-state index in [1.54, 1.807) is 6.20 Å². The standard InChI is InChI=1S/C23H20N2O2S/c26-28(27)18-22-24-16-17-25(22)23(19-10-4-1-5-11-19,20-12-6-2-7-13-20)21-14-8-3-9-15-21/h1-17H,18H2,(H,26,27)/p-1. The molecule has 28 heavy (non-hydrogen) atoms. The Morgan fingerprint density at radius 1 is 0.786 bits per heavy atom. The van der Waals surface area contributed by atoms with Crippen LogP contribution < -0.4 is 0 Å². The number of hydrogen-bond acceptors (Lipinski definition) is 3. The van der Waals surface area contributed by atoms with Crippen molar-refractivity contribution in [3.8, 4) is 0 Å². The molecule has 0 saturated carbocycles. The van der Waals surface area contributed by atoms with E-state index >= 15 is 0 Å². The number of benzene rings is 3. The average Bonchev–Trinajstić information content (AvgIpc) is 3.19. The van der Waals surface area contributed by atoms with Gasteiger partial charge < -0.3 is 9.12 Å². The van der Waals surface area contributed by atoms with Gasteiger partial charge in [-0.1, -0.05) is 91.0 Å². The molecule has 0 fully saturated rings. The second kappa shape index (κ2) is 7.92. The van der Waals surface area contributed by atoms with Gasteiger partial charge in [-0.25, -0.2) is 4.98 Å². The van der Waals surface area contributed by atoms with E-state index in [0.717, 1.165) is 16.7 Å². The highest BCUT2D eigenvalue weighted by molar-refractivity contribution is 7.78. The van der Waals surface area contributed by atoms with Crippen molar-refractivity contribution >= 4 is 11.1 Å². The molecule has 0 aliphatic heterocycles. The van der Waals surface area contributed by atoms with E-state index in [0.29, 0.717) is 5.82 Å². The molecule has 3 aromatic carbocycles. The molecule has 5 heteroatoms. The lowest BCUT2D eigenvalue weighted by atomic mass is 9.76. The minimum atomic E-state index is -2.24. The second-order valence-corrected chi connectivity index (χ2v) is 7.37. The Labute approximate surface area is 166 Å². The Morgan fingerprint density at radius 3 is 1.61 bits per heavy atom. The Morgan fingerprint density at radius 2 is 1.21 bits per heavy atom. The van der Waals surface area contributed by atoms with Crippen molar-refractivity contribution < 1.29 is 8.76 Å². The first kappa shape index (κ1) is 18.3. The van der Waals surface area contributed by atoms with Crippen molar-refractivity contribution in [2.45, 2.75) is 11.3 Å². The molecular weight excluding hydrogens is 368 g/mol. The van der Waals surface area contributed by atoms with Gasteiger partial charge in [-0.05, 0) is 27.8 Å². The highest BCUT2D eigenvalue weighted by atomic mass is 32.2. The highest BCUT2D eigenvalue weighted by Crippen LogP contribution is 2.41. The van der Waals surface area contributed by atoms with Crippen LogP contribution in [-0.2, 0) is 22.4 Å². The normalized spacial score (nSPS) is 12.6. The lowest BCUT2D eigenvalue weighted by Crippen LogP contribution is -2.38. The molecule has 0 N–H and O–H groups in total. The van der Waals surface area contributed by atoms with E-state index < -0.39 is 16.6 Å². The van der Waals surface area contributed by atoms with Crippen LogP contribution in [0.4, 0.5) is 0 Å². The minimum absolute atomic E-state index is 0.152. The fourth-order valence-corrected chi connectivity index (χ4v) is 4.23. The predicted octanol–water partition coefficient (Wildman–Crippen LogP) is 4.10. The molecule has 0 aliphatic carbocycles. The fourth-order valence-electron chi connectivity index (χ4n) is 3.81. The summed E-state index contributed by atoms with van der Waals surface area (Å²) < 4.78 is 25.0. The molecular formula is C23H19N2O2S-. The number of hydrogen-bond donors (Lipinski definition) is 0. The first-order valence-corrected chi connectivity index (χ1v) is 10.2. The lowest BCUT2D eigenvalue weighted by Gasteiger charge is -2.38. The monoisotopic (exact) mass is 387 g/mol. The molecule has 4 rings (SSSR count). The molecule has 0 amide bonds. The van der Waals surface area contributed by atoms with Crippen molar-refractivity contribution in [3.05, 3.63) is 126 Å². The Balaban J connectivity index is 2.11. The third-order valence-corrected chi connectivity index (χ3v) is 5.39. The topological polar surface area (TPSA) is 57.9 Å². The van der Waals surface area contributed by atoms with Gasteiger partial charge in [-0.2, -0.15) is 0 Å². The maximum Gasteiger partial charge on any atom is 0.121 e. The quantitative estimate of drug-likeness (QED) is 0.370. The van der Waals surface area contributed by atoms with Gasteiger partial charge in [0.2, 0.25) is 0 Å². The van der Waals surface area contributed by atoms with E-state index in [2.05, 4.69) is 41.4 Å². The summed E-state index contributed by atoms with van der Waals surface area (Å²) in [7, 11) is 0. The van der Waals surface area contributed by atoms with E-state index in [9.17, 15) is 8.76 Å². The van der Waals surface area contributed by atoms with Crippen LogP contribution >= 0.6 is 0 Å². The van der Waals surface area contributed by atoms with Crippen LogP contribution in [0.15, 0.2) is 103 Å². The number of aromatic nitrogens is 2. The predicted molar refractivity (Wildman–Crippen MR) is 109 cm³/mol. The summed E-state index contributed by atoms with van der Waals surface area (Å²) in [6.07, 6.45) is 3.51. The largest absolute Gasteiger partial charge is 0.772 e. The smallest absolute Gasteiger partial charge is 0.121 e. The van der Waals surface area contributed by atoms with Crippen LogP contribution in [0.2, 0.25) is 0 Å². The Bertz CT molecular complexity index is 967. The van der Waals surface area contributed by atoms with Crippen LogP contribution in [-0.4, -0.2) is 18.3 Å².